The van der Waals surface area contributed by atoms with Crippen LogP contribution >= 0.6 is 0 Å². The first-order valence-corrected chi connectivity index (χ1v) is 6.72. The Hall–Kier alpha value is -1.33. The number of hydrogen-bond donors (Lipinski definition) is 0. The molecule has 0 radical (unpaired) electrons. The van der Waals surface area contributed by atoms with Crippen molar-refractivity contribution in [2.24, 2.45) is 0 Å². The number of carbonyl (C=O) groups is 1. The van der Waals surface area contributed by atoms with E-state index in [4.69, 9.17) is 0 Å². The standard InChI is InChI=1S/C14H22N4O/c1-10-12(11(2)19)8-15-14(16-10)13-9-17(3)6-5-7-18(13)4/h8,13H,5-7,9H2,1-4H3. The molecular formula is C14H22N4O. The van der Waals surface area contributed by atoms with Crippen molar-refractivity contribution in [1.82, 2.24) is 19.8 Å². The van der Waals surface area contributed by atoms with Gasteiger partial charge in [0.25, 0.3) is 0 Å². The Kier molecular flexibility index (Phi) is 4.27. The minimum absolute atomic E-state index is 0.0235. The summed E-state index contributed by atoms with van der Waals surface area (Å²) in [7, 11) is 4.24. The summed E-state index contributed by atoms with van der Waals surface area (Å²) in [6.45, 7) is 6.51. The van der Waals surface area contributed by atoms with Crippen molar-refractivity contribution in [3.05, 3.63) is 23.3 Å². The molecule has 1 atom stereocenters. The highest BCUT2D eigenvalue weighted by molar-refractivity contribution is 5.94. The predicted molar refractivity (Wildman–Crippen MR) is 74.3 cm³/mol. The van der Waals surface area contributed by atoms with Gasteiger partial charge in [-0.15, -0.1) is 0 Å². The van der Waals surface area contributed by atoms with Crippen molar-refractivity contribution in [2.75, 3.05) is 33.7 Å². The molecule has 0 N–H and O–H groups in total. The van der Waals surface area contributed by atoms with E-state index in [1.54, 1.807) is 13.1 Å². The lowest BCUT2D eigenvalue weighted by atomic mass is 10.1. The van der Waals surface area contributed by atoms with Crippen LogP contribution in [-0.2, 0) is 0 Å². The van der Waals surface area contributed by atoms with Crippen LogP contribution in [0.3, 0.4) is 0 Å². The molecule has 1 aliphatic rings. The molecule has 104 valence electrons. The molecule has 0 aliphatic carbocycles. The summed E-state index contributed by atoms with van der Waals surface area (Å²) in [6.07, 6.45) is 2.83. The third-order valence-electron chi connectivity index (χ3n) is 3.74. The maximum atomic E-state index is 11.4. The third kappa shape index (κ3) is 3.16. The topological polar surface area (TPSA) is 49.3 Å². The molecule has 0 saturated carbocycles. The van der Waals surface area contributed by atoms with E-state index in [0.29, 0.717) is 5.56 Å². The molecule has 1 unspecified atom stereocenters. The summed E-state index contributed by atoms with van der Waals surface area (Å²) < 4.78 is 0. The van der Waals surface area contributed by atoms with Gasteiger partial charge < -0.3 is 4.90 Å². The molecule has 1 aromatic rings. The number of aromatic nitrogens is 2. The van der Waals surface area contributed by atoms with Crippen molar-refractivity contribution in [3.63, 3.8) is 0 Å². The van der Waals surface area contributed by atoms with E-state index in [2.05, 4.69) is 33.9 Å². The largest absolute Gasteiger partial charge is 0.304 e. The van der Waals surface area contributed by atoms with Crippen LogP contribution in [0.15, 0.2) is 6.20 Å². The number of carbonyl (C=O) groups excluding carboxylic acids is 1. The molecule has 2 heterocycles. The Morgan fingerprint density at radius 2 is 2.11 bits per heavy atom. The van der Waals surface area contributed by atoms with Gasteiger partial charge in [0.15, 0.2) is 5.78 Å². The van der Waals surface area contributed by atoms with E-state index in [-0.39, 0.29) is 11.8 Å². The maximum absolute atomic E-state index is 11.4. The average Bonchev–Trinajstić information content (AvgIpc) is 2.50. The number of hydrogen-bond acceptors (Lipinski definition) is 5. The molecule has 5 nitrogen and oxygen atoms in total. The van der Waals surface area contributed by atoms with Crippen LogP contribution in [-0.4, -0.2) is 59.3 Å². The fraction of sp³-hybridized carbons (Fsp3) is 0.643. The first-order chi connectivity index (χ1) is 8.99. The van der Waals surface area contributed by atoms with Crippen LogP contribution in [0.2, 0.25) is 0 Å². The van der Waals surface area contributed by atoms with E-state index in [1.165, 1.54) is 0 Å². The van der Waals surface area contributed by atoms with Crippen LogP contribution in [0.4, 0.5) is 0 Å². The van der Waals surface area contributed by atoms with Crippen LogP contribution in [0.25, 0.3) is 0 Å². The SMILES string of the molecule is CC(=O)c1cnc(C2CN(C)CCCN2C)nc1C. The van der Waals surface area contributed by atoms with Gasteiger partial charge in [0.05, 0.1) is 17.3 Å². The zero-order valence-corrected chi connectivity index (χ0v) is 12.2. The Balaban J connectivity index is 2.29. The summed E-state index contributed by atoms with van der Waals surface area (Å²) in [6, 6.07) is 0.201. The highest BCUT2D eigenvalue weighted by Gasteiger charge is 2.25. The normalized spacial score (nSPS) is 22.2. The highest BCUT2D eigenvalue weighted by Crippen LogP contribution is 2.20. The number of ketones is 1. The lowest BCUT2D eigenvalue weighted by Gasteiger charge is -2.26. The fourth-order valence-corrected chi connectivity index (χ4v) is 2.54. The summed E-state index contributed by atoms with van der Waals surface area (Å²) in [4.78, 5) is 25.0. The van der Waals surface area contributed by atoms with Gasteiger partial charge in [-0.2, -0.15) is 0 Å². The molecule has 0 spiro atoms. The molecule has 0 bridgehead atoms. The van der Waals surface area contributed by atoms with Gasteiger partial charge in [-0.05, 0) is 47.5 Å². The second kappa shape index (κ2) is 5.75. The lowest BCUT2D eigenvalue weighted by molar-refractivity contribution is 0.101. The zero-order valence-electron chi connectivity index (χ0n) is 12.2. The number of rotatable bonds is 2. The monoisotopic (exact) mass is 262 g/mol. The number of likely N-dealkylation sites (N-methyl/N-ethyl adjacent to an activating group) is 2. The fourth-order valence-electron chi connectivity index (χ4n) is 2.54. The van der Waals surface area contributed by atoms with Crippen LogP contribution < -0.4 is 0 Å². The van der Waals surface area contributed by atoms with Gasteiger partial charge in [-0.25, -0.2) is 9.97 Å². The van der Waals surface area contributed by atoms with Gasteiger partial charge in [-0.1, -0.05) is 0 Å². The van der Waals surface area contributed by atoms with Crippen molar-refractivity contribution in [2.45, 2.75) is 26.3 Å². The van der Waals surface area contributed by atoms with Crippen LogP contribution in [0.1, 0.15) is 41.3 Å². The third-order valence-corrected chi connectivity index (χ3v) is 3.74. The first-order valence-electron chi connectivity index (χ1n) is 6.72. The Labute approximate surface area is 114 Å². The molecule has 0 amide bonds. The summed E-state index contributed by atoms with van der Waals surface area (Å²) in [5.41, 5.74) is 1.39. The van der Waals surface area contributed by atoms with E-state index in [9.17, 15) is 4.79 Å². The van der Waals surface area contributed by atoms with E-state index < -0.39 is 0 Å². The minimum Gasteiger partial charge on any atom is -0.304 e. The Morgan fingerprint density at radius 3 is 2.74 bits per heavy atom. The van der Waals surface area contributed by atoms with E-state index in [1.807, 2.05) is 6.92 Å². The molecule has 19 heavy (non-hydrogen) atoms. The van der Waals surface area contributed by atoms with Gasteiger partial charge >= 0.3 is 0 Å². The predicted octanol–water partition coefficient (Wildman–Crippen LogP) is 1.30. The second-order valence-electron chi connectivity index (χ2n) is 5.40. The Bertz CT molecular complexity index is 475. The van der Waals surface area contributed by atoms with Crippen molar-refractivity contribution < 1.29 is 4.79 Å². The first kappa shape index (κ1) is 14.1. The van der Waals surface area contributed by atoms with Crippen molar-refractivity contribution >= 4 is 5.78 Å². The number of aryl methyl sites for hydroxylation is 1. The molecule has 5 heteroatoms. The van der Waals surface area contributed by atoms with Crippen LogP contribution in [0, 0.1) is 6.92 Å². The second-order valence-corrected chi connectivity index (χ2v) is 5.40. The average molecular weight is 262 g/mol. The van der Waals surface area contributed by atoms with Crippen molar-refractivity contribution in [3.8, 4) is 0 Å². The summed E-state index contributed by atoms with van der Waals surface area (Å²) in [5.74, 6) is 0.842. The summed E-state index contributed by atoms with van der Waals surface area (Å²) in [5, 5.41) is 0. The molecule has 1 saturated heterocycles. The van der Waals surface area contributed by atoms with E-state index >= 15 is 0 Å². The van der Waals surface area contributed by atoms with Crippen molar-refractivity contribution in [1.29, 1.82) is 0 Å². The van der Waals surface area contributed by atoms with Gasteiger partial charge in [-0.3, -0.25) is 9.69 Å². The number of Topliss-reactive ketones (excluding diaryl/α,β-unsaturated/α-hetero) is 1. The van der Waals surface area contributed by atoms with Gasteiger partial charge in [0.2, 0.25) is 0 Å². The molecule has 0 aromatic carbocycles. The quantitative estimate of drug-likeness (QED) is 0.752. The summed E-state index contributed by atoms with van der Waals surface area (Å²) >= 11 is 0. The Morgan fingerprint density at radius 1 is 1.37 bits per heavy atom. The van der Waals surface area contributed by atoms with Gasteiger partial charge in [0.1, 0.15) is 5.82 Å². The molecule has 1 fully saturated rings. The molecule has 1 aliphatic heterocycles. The van der Waals surface area contributed by atoms with Crippen LogP contribution in [0.5, 0.6) is 0 Å². The molecule has 1 aromatic heterocycles. The molecular weight excluding hydrogens is 240 g/mol. The number of nitrogens with zero attached hydrogens (tertiary/aromatic N) is 4. The molecule has 2 rings (SSSR count). The van der Waals surface area contributed by atoms with E-state index in [0.717, 1.165) is 37.6 Å². The lowest BCUT2D eigenvalue weighted by Crippen LogP contribution is -2.32. The van der Waals surface area contributed by atoms with Gasteiger partial charge in [0, 0.05) is 12.7 Å². The smallest absolute Gasteiger partial charge is 0.163 e. The minimum atomic E-state index is 0.0235. The zero-order chi connectivity index (χ0) is 14.0. The highest BCUT2D eigenvalue weighted by atomic mass is 16.1. The maximum Gasteiger partial charge on any atom is 0.163 e.